The lowest BCUT2D eigenvalue weighted by Crippen LogP contribution is -2.02. The minimum absolute atomic E-state index is 0.934. The molecular weight excluding hydrogens is 204 g/mol. The van der Waals surface area contributed by atoms with E-state index in [0.717, 1.165) is 6.54 Å². The fourth-order valence-electron chi connectivity index (χ4n) is 1.49. The molecule has 0 spiro atoms. The Hall–Kier alpha value is -1.19. The maximum absolute atomic E-state index is 4.21. The molecule has 2 rings (SSSR count). The molecule has 2 aromatic heterocycles. The van der Waals surface area contributed by atoms with Gasteiger partial charge in [0.15, 0.2) is 0 Å². The molecule has 78 valence electrons. The molecule has 0 aromatic carbocycles. The molecule has 0 aliphatic carbocycles. The normalized spacial score (nSPS) is 10.5. The van der Waals surface area contributed by atoms with Crippen molar-refractivity contribution < 1.29 is 0 Å². The van der Waals surface area contributed by atoms with Gasteiger partial charge in [0.2, 0.25) is 0 Å². The van der Waals surface area contributed by atoms with Crippen molar-refractivity contribution in [2.45, 2.75) is 13.5 Å². The number of hydrogen-bond donors (Lipinski definition) is 1. The van der Waals surface area contributed by atoms with E-state index in [9.17, 15) is 0 Å². The number of aryl methyl sites for hydroxylation is 1. The average molecular weight is 218 g/mol. The van der Waals surface area contributed by atoms with Gasteiger partial charge < -0.3 is 5.32 Å². The number of hydrogen-bond acceptors (Lipinski definition) is 3. The molecule has 3 heteroatoms. The Kier molecular flexibility index (Phi) is 3.14. The summed E-state index contributed by atoms with van der Waals surface area (Å²) in [5.74, 6) is 0. The second kappa shape index (κ2) is 4.55. The first-order chi connectivity index (χ1) is 7.29. The molecule has 0 radical (unpaired) electrons. The van der Waals surface area contributed by atoms with Gasteiger partial charge in [-0.1, -0.05) is 0 Å². The maximum Gasteiger partial charge on any atom is 0.0361 e. The van der Waals surface area contributed by atoms with Crippen LogP contribution in [0.2, 0.25) is 0 Å². The molecule has 0 saturated heterocycles. The largest absolute Gasteiger partial charge is 0.315 e. The molecular formula is C12H14N2S. The zero-order chi connectivity index (χ0) is 10.7. The second-order valence-corrected chi connectivity index (χ2v) is 4.72. The number of nitrogens with zero attached hydrogens (tertiary/aromatic N) is 1. The summed E-state index contributed by atoms with van der Waals surface area (Å²) in [6.07, 6.45) is 3.80. The summed E-state index contributed by atoms with van der Waals surface area (Å²) >= 11 is 1.82. The molecule has 2 nitrogen and oxygen atoms in total. The van der Waals surface area contributed by atoms with E-state index in [1.54, 1.807) is 0 Å². The lowest BCUT2D eigenvalue weighted by atomic mass is 10.2. The van der Waals surface area contributed by atoms with E-state index in [1.807, 2.05) is 30.8 Å². The Bertz CT molecular complexity index is 448. The van der Waals surface area contributed by atoms with Gasteiger partial charge in [0.25, 0.3) is 0 Å². The van der Waals surface area contributed by atoms with Crippen LogP contribution in [0.3, 0.4) is 0 Å². The van der Waals surface area contributed by atoms with Gasteiger partial charge in [0.05, 0.1) is 0 Å². The van der Waals surface area contributed by atoms with Crippen molar-refractivity contribution in [2.24, 2.45) is 0 Å². The summed E-state index contributed by atoms with van der Waals surface area (Å²) in [5, 5.41) is 3.15. The van der Waals surface area contributed by atoms with Crippen LogP contribution in [-0.4, -0.2) is 12.0 Å². The van der Waals surface area contributed by atoms with Crippen LogP contribution >= 0.6 is 11.3 Å². The van der Waals surface area contributed by atoms with Gasteiger partial charge in [-0.25, -0.2) is 0 Å². The zero-order valence-electron chi connectivity index (χ0n) is 8.95. The summed E-state index contributed by atoms with van der Waals surface area (Å²) < 4.78 is 0. The predicted molar refractivity (Wildman–Crippen MR) is 65.1 cm³/mol. The van der Waals surface area contributed by atoms with Crippen molar-refractivity contribution in [1.29, 1.82) is 0 Å². The third-order valence-electron chi connectivity index (χ3n) is 2.17. The van der Waals surface area contributed by atoms with Crippen molar-refractivity contribution in [3.05, 3.63) is 41.0 Å². The van der Waals surface area contributed by atoms with Gasteiger partial charge in [-0.05, 0) is 37.7 Å². The molecule has 2 heterocycles. The minimum atomic E-state index is 0.934. The highest BCUT2D eigenvalue weighted by Gasteiger charge is 2.02. The smallest absolute Gasteiger partial charge is 0.0361 e. The predicted octanol–water partition coefficient (Wildman–Crippen LogP) is 2.84. The van der Waals surface area contributed by atoms with E-state index < -0.39 is 0 Å². The molecule has 15 heavy (non-hydrogen) atoms. The highest BCUT2D eigenvalue weighted by Crippen LogP contribution is 2.27. The van der Waals surface area contributed by atoms with Crippen LogP contribution in [0.25, 0.3) is 10.4 Å². The number of rotatable bonds is 3. The third kappa shape index (κ3) is 2.43. The fraction of sp³-hybridized carbons (Fsp3) is 0.250. The van der Waals surface area contributed by atoms with Crippen LogP contribution in [0.5, 0.6) is 0 Å². The molecule has 0 atom stereocenters. The van der Waals surface area contributed by atoms with Gasteiger partial charge in [-0.3, -0.25) is 4.98 Å². The van der Waals surface area contributed by atoms with Crippen molar-refractivity contribution in [1.82, 2.24) is 10.3 Å². The summed E-state index contributed by atoms with van der Waals surface area (Å²) in [6, 6.07) is 6.49. The Morgan fingerprint density at radius 2 is 2.20 bits per heavy atom. The van der Waals surface area contributed by atoms with Crippen molar-refractivity contribution in [3.63, 3.8) is 0 Å². The van der Waals surface area contributed by atoms with E-state index >= 15 is 0 Å². The summed E-state index contributed by atoms with van der Waals surface area (Å²) in [5.41, 5.74) is 2.42. The Labute approximate surface area is 94.0 Å². The van der Waals surface area contributed by atoms with Gasteiger partial charge in [-0.15, -0.1) is 11.3 Å². The van der Waals surface area contributed by atoms with Crippen molar-refractivity contribution in [3.8, 4) is 10.4 Å². The van der Waals surface area contributed by atoms with Gasteiger partial charge in [0, 0.05) is 34.3 Å². The first kappa shape index (κ1) is 10.3. The summed E-state index contributed by atoms with van der Waals surface area (Å²) in [7, 11) is 1.97. The fourth-order valence-corrected chi connectivity index (χ4v) is 2.49. The average Bonchev–Trinajstić information content (AvgIpc) is 2.67. The van der Waals surface area contributed by atoms with Gasteiger partial charge in [-0.2, -0.15) is 0 Å². The number of aromatic nitrogens is 1. The summed E-state index contributed by atoms with van der Waals surface area (Å²) in [6.45, 7) is 3.00. The second-order valence-electron chi connectivity index (χ2n) is 3.55. The quantitative estimate of drug-likeness (QED) is 0.857. The molecule has 1 N–H and O–H groups in total. The lowest BCUT2D eigenvalue weighted by Gasteiger charge is -1.97. The minimum Gasteiger partial charge on any atom is -0.315 e. The Morgan fingerprint density at radius 3 is 2.93 bits per heavy atom. The zero-order valence-corrected chi connectivity index (χ0v) is 9.77. The van der Waals surface area contributed by atoms with Crippen LogP contribution in [-0.2, 0) is 6.54 Å². The lowest BCUT2D eigenvalue weighted by molar-refractivity contribution is 0.831. The number of thiophene rings is 1. The monoisotopic (exact) mass is 218 g/mol. The number of pyridine rings is 1. The van der Waals surface area contributed by atoms with Crippen molar-refractivity contribution >= 4 is 11.3 Å². The van der Waals surface area contributed by atoms with E-state index in [1.165, 1.54) is 20.9 Å². The third-order valence-corrected chi connectivity index (χ3v) is 3.31. The van der Waals surface area contributed by atoms with Crippen LogP contribution < -0.4 is 5.32 Å². The molecule has 0 aliphatic heterocycles. The first-order valence-electron chi connectivity index (χ1n) is 4.95. The van der Waals surface area contributed by atoms with E-state index in [2.05, 4.69) is 35.4 Å². The van der Waals surface area contributed by atoms with Gasteiger partial charge in [0.1, 0.15) is 0 Å². The number of nitrogens with one attached hydrogen (secondary N) is 1. The molecule has 0 fully saturated rings. The molecule has 2 aromatic rings. The van der Waals surface area contributed by atoms with E-state index in [0.29, 0.717) is 0 Å². The SMILES string of the molecule is CNCc1ccc(-c2cncc(C)c2)s1. The molecule has 0 saturated carbocycles. The Morgan fingerprint density at radius 1 is 1.33 bits per heavy atom. The van der Waals surface area contributed by atoms with Crippen LogP contribution in [0, 0.1) is 6.92 Å². The summed E-state index contributed by atoms with van der Waals surface area (Å²) in [4.78, 5) is 6.85. The van der Waals surface area contributed by atoms with Crippen molar-refractivity contribution in [2.75, 3.05) is 7.05 Å². The molecule has 0 bridgehead atoms. The Balaban J connectivity index is 2.29. The standard InChI is InChI=1S/C12H14N2S/c1-9-5-10(7-14-6-9)12-4-3-11(15-12)8-13-2/h3-7,13H,8H2,1-2H3. The molecule has 0 aliphatic rings. The molecule has 0 unspecified atom stereocenters. The van der Waals surface area contributed by atoms with Crippen LogP contribution in [0.15, 0.2) is 30.6 Å². The topological polar surface area (TPSA) is 24.9 Å². The van der Waals surface area contributed by atoms with Crippen LogP contribution in [0.4, 0.5) is 0 Å². The maximum atomic E-state index is 4.21. The highest BCUT2D eigenvalue weighted by molar-refractivity contribution is 7.15. The van der Waals surface area contributed by atoms with Crippen LogP contribution in [0.1, 0.15) is 10.4 Å². The van der Waals surface area contributed by atoms with E-state index in [-0.39, 0.29) is 0 Å². The first-order valence-corrected chi connectivity index (χ1v) is 5.76. The van der Waals surface area contributed by atoms with Gasteiger partial charge >= 0.3 is 0 Å². The molecule has 0 amide bonds. The van der Waals surface area contributed by atoms with E-state index in [4.69, 9.17) is 0 Å². The highest BCUT2D eigenvalue weighted by atomic mass is 32.1.